The van der Waals surface area contributed by atoms with Crippen LogP contribution in [-0.2, 0) is 0 Å². The van der Waals surface area contributed by atoms with Crippen LogP contribution in [0.2, 0.25) is 0 Å². The molecule has 3 rings (SSSR count). The van der Waals surface area contributed by atoms with Crippen LogP contribution in [0.4, 0.5) is 5.82 Å². The van der Waals surface area contributed by atoms with Gasteiger partial charge >= 0.3 is 0 Å². The van der Waals surface area contributed by atoms with Crippen molar-refractivity contribution in [3.63, 3.8) is 0 Å². The smallest absolute Gasteiger partial charge is 0.158 e. The zero-order valence-electron chi connectivity index (χ0n) is 12.2. The SMILES string of the molecule is Cc1nc2cc(-c3cccnc3)nn2c(NCCN)c1C. The summed E-state index contributed by atoms with van der Waals surface area (Å²) < 4.78 is 1.83. The van der Waals surface area contributed by atoms with Gasteiger partial charge < -0.3 is 11.1 Å². The summed E-state index contributed by atoms with van der Waals surface area (Å²) in [6.45, 7) is 5.30. The molecule has 0 amide bonds. The molecule has 0 radical (unpaired) electrons. The van der Waals surface area contributed by atoms with E-state index in [1.54, 1.807) is 12.4 Å². The van der Waals surface area contributed by atoms with Crippen molar-refractivity contribution in [3.05, 3.63) is 41.9 Å². The Morgan fingerprint density at radius 1 is 1.33 bits per heavy atom. The molecular formula is C15H18N6. The summed E-state index contributed by atoms with van der Waals surface area (Å²) in [5.74, 6) is 0.943. The summed E-state index contributed by atoms with van der Waals surface area (Å²) in [6, 6.07) is 5.86. The molecule has 0 unspecified atom stereocenters. The van der Waals surface area contributed by atoms with E-state index >= 15 is 0 Å². The highest BCUT2D eigenvalue weighted by Gasteiger charge is 2.13. The number of anilines is 1. The highest BCUT2D eigenvalue weighted by molar-refractivity contribution is 5.66. The number of hydrogen-bond donors (Lipinski definition) is 2. The fraction of sp³-hybridized carbons (Fsp3) is 0.267. The van der Waals surface area contributed by atoms with Crippen LogP contribution in [0.15, 0.2) is 30.6 Å². The maximum absolute atomic E-state index is 5.59. The van der Waals surface area contributed by atoms with Gasteiger partial charge in [0.25, 0.3) is 0 Å². The molecule has 6 heteroatoms. The predicted octanol–water partition coefficient (Wildman–Crippen LogP) is 1.78. The highest BCUT2D eigenvalue weighted by atomic mass is 15.3. The van der Waals surface area contributed by atoms with Crippen LogP contribution in [0, 0.1) is 13.8 Å². The molecule has 3 heterocycles. The molecule has 0 fully saturated rings. The Hall–Kier alpha value is -2.47. The Morgan fingerprint density at radius 3 is 2.90 bits per heavy atom. The highest BCUT2D eigenvalue weighted by Crippen LogP contribution is 2.23. The van der Waals surface area contributed by atoms with Gasteiger partial charge in [0.05, 0.1) is 5.69 Å². The van der Waals surface area contributed by atoms with E-state index in [2.05, 4.69) is 20.4 Å². The van der Waals surface area contributed by atoms with Gasteiger partial charge in [-0.15, -0.1) is 0 Å². The molecule has 0 spiro atoms. The lowest BCUT2D eigenvalue weighted by molar-refractivity contribution is 0.899. The van der Waals surface area contributed by atoms with E-state index in [1.165, 1.54) is 0 Å². The van der Waals surface area contributed by atoms with Crippen molar-refractivity contribution in [2.24, 2.45) is 5.73 Å². The number of aromatic nitrogens is 4. The molecule has 3 aromatic rings. The third kappa shape index (κ3) is 2.45. The van der Waals surface area contributed by atoms with E-state index < -0.39 is 0 Å². The van der Waals surface area contributed by atoms with Crippen molar-refractivity contribution in [3.8, 4) is 11.3 Å². The largest absolute Gasteiger partial charge is 0.368 e. The van der Waals surface area contributed by atoms with E-state index in [-0.39, 0.29) is 0 Å². The minimum atomic E-state index is 0.568. The predicted molar refractivity (Wildman–Crippen MR) is 83.2 cm³/mol. The van der Waals surface area contributed by atoms with Crippen molar-refractivity contribution in [2.45, 2.75) is 13.8 Å². The molecule has 0 aliphatic rings. The number of fused-ring (bicyclic) bond motifs is 1. The summed E-state index contributed by atoms with van der Waals surface area (Å²) >= 11 is 0. The van der Waals surface area contributed by atoms with Crippen LogP contribution in [0.25, 0.3) is 16.9 Å². The summed E-state index contributed by atoms with van der Waals surface area (Å²) in [4.78, 5) is 8.74. The lowest BCUT2D eigenvalue weighted by Crippen LogP contribution is -2.17. The van der Waals surface area contributed by atoms with Crippen molar-refractivity contribution in [2.75, 3.05) is 18.4 Å². The quantitative estimate of drug-likeness (QED) is 0.762. The second kappa shape index (κ2) is 5.49. The van der Waals surface area contributed by atoms with E-state index in [9.17, 15) is 0 Å². The molecule has 21 heavy (non-hydrogen) atoms. The monoisotopic (exact) mass is 282 g/mol. The van der Waals surface area contributed by atoms with Gasteiger partial charge in [0.2, 0.25) is 0 Å². The number of hydrogen-bond acceptors (Lipinski definition) is 5. The first kappa shape index (κ1) is 13.5. The topological polar surface area (TPSA) is 81.1 Å². The first-order valence-corrected chi connectivity index (χ1v) is 6.92. The number of nitrogens with zero attached hydrogens (tertiary/aromatic N) is 4. The van der Waals surface area contributed by atoms with Gasteiger partial charge in [-0.2, -0.15) is 9.61 Å². The molecule has 0 aromatic carbocycles. The Morgan fingerprint density at radius 2 is 2.19 bits per heavy atom. The van der Waals surface area contributed by atoms with Crippen molar-refractivity contribution in [1.29, 1.82) is 0 Å². The summed E-state index contributed by atoms with van der Waals surface area (Å²) in [7, 11) is 0. The van der Waals surface area contributed by atoms with Gasteiger partial charge in [-0.05, 0) is 26.0 Å². The first-order chi connectivity index (χ1) is 10.2. The minimum absolute atomic E-state index is 0.568. The van der Waals surface area contributed by atoms with Crippen LogP contribution < -0.4 is 11.1 Å². The molecule has 0 saturated heterocycles. The molecule has 108 valence electrons. The second-order valence-corrected chi connectivity index (χ2v) is 4.93. The number of nitrogens with one attached hydrogen (secondary N) is 1. The number of pyridine rings is 1. The molecule has 6 nitrogen and oxygen atoms in total. The van der Waals surface area contributed by atoms with Crippen molar-refractivity contribution >= 4 is 11.5 Å². The van der Waals surface area contributed by atoms with Gasteiger partial charge in [-0.25, -0.2) is 4.98 Å². The van der Waals surface area contributed by atoms with Crippen LogP contribution in [0.1, 0.15) is 11.3 Å². The molecule has 0 bridgehead atoms. The molecule has 0 aliphatic heterocycles. The number of rotatable bonds is 4. The minimum Gasteiger partial charge on any atom is -0.368 e. The molecular weight excluding hydrogens is 264 g/mol. The zero-order chi connectivity index (χ0) is 14.8. The van der Waals surface area contributed by atoms with E-state index in [0.717, 1.165) is 34.0 Å². The zero-order valence-corrected chi connectivity index (χ0v) is 12.2. The van der Waals surface area contributed by atoms with Crippen LogP contribution in [-0.4, -0.2) is 32.7 Å². The molecule has 3 aromatic heterocycles. The van der Waals surface area contributed by atoms with Gasteiger partial charge in [-0.1, -0.05) is 0 Å². The Bertz CT molecular complexity index is 763. The Labute approximate surface area is 123 Å². The Balaban J connectivity index is 2.16. The first-order valence-electron chi connectivity index (χ1n) is 6.92. The maximum Gasteiger partial charge on any atom is 0.158 e. The van der Waals surface area contributed by atoms with E-state index in [4.69, 9.17) is 5.73 Å². The third-order valence-electron chi connectivity index (χ3n) is 3.48. The fourth-order valence-corrected chi connectivity index (χ4v) is 2.25. The van der Waals surface area contributed by atoms with Crippen LogP contribution in [0.5, 0.6) is 0 Å². The maximum atomic E-state index is 5.59. The van der Waals surface area contributed by atoms with Crippen molar-refractivity contribution < 1.29 is 0 Å². The summed E-state index contributed by atoms with van der Waals surface area (Å²) in [6.07, 6.45) is 3.55. The lowest BCUT2D eigenvalue weighted by atomic mass is 10.2. The van der Waals surface area contributed by atoms with E-state index in [0.29, 0.717) is 13.1 Å². The molecule has 0 aliphatic carbocycles. The summed E-state index contributed by atoms with van der Waals surface area (Å²) in [5, 5.41) is 7.98. The lowest BCUT2D eigenvalue weighted by Gasteiger charge is -2.12. The average molecular weight is 282 g/mol. The van der Waals surface area contributed by atoms with Crippen LogP contribution >= 0.6 is 0 Å². The fourth-order valence-electron chi connectivity index (χ4n) is 2.25. The standard InChI is InChI=1S/C15H18N6/c1-10-11(2)19-14-8-13(12-4-3-6-17-9-12)20-21(14)15(10)18-7-5-16/h3-4,6,8-9,18H,5,7,16H2,1-2H3. The average Bonchev–Trinajstić information content (AvgIpc) is 2.92. The second-order valence-electron chi connectivity index (χ2n) is 4.93. The number of nitrogens with two attached hydrogens (primary N) is 1. The number of aryl methyl sites for hydroxylation is 1. The Kier molecular flexibility index (Phi) is 3.53. The summed E-state index contributed by atoms with van der Waals surface area (Å²) in [5.41, 5.74) is 10.3. The molecule has 0 saturated carbocycles. The van der Waals surface area contributed by atoms with Crippen molar-refractivity contribution in [1.82, 2.24) is 19.6 Å². The van der Waals surface area contributed by atoms with Crippen LogP contribution in [0.3, 0.4) is 0 Å². The molecule has 0 atom stereocenters. The third-order valence-corrected chi connectivity index (χ3v) is 3.48. The van der Waals surface area contributed by atoms with Gasteiger partial charge in [0, 0.05) is 48.4 Å². The van der Waals surface area contributed by atoms with Gasteiger partial charge in [0.1, 0.15) is 5.82 Å². The normalized spacial score (nSPS) is 11.0. The molecule has 3 N–H and O–H groups in total. The van der Waals surface area contributed by atoms with Gasteiger partial charge in [-0.3, -0.25) is 4.98 Å². The van der Waals surface area contributed by atoms with Gasteiger partial charge in [0.15, 0.2) is 5.65 Å². The van der Waals surface area contributed by atoms with E-state index in [1.807, 2.05) is 36.6 Å².